The Labute approximate surface area is 160 Å². The summed E-state index contributed by atoms with van der Waals surface area (Å²) >= 11 is 1.36. The van der Waals surface area contributed by atoms with E-state index in [2.05, 4.69) is 5.32 Å². The van der Waals surface area contributed by atoms with Crippen molar-refractivity contribution >= 4 is 36.0 Å². The number of β-lactam (4-membered cyclic amide) rings is 1. The van der Waals surface area contributed by atoms with Crippen LogP contribution in [0.15, 0.2) is 23.4 Å². The highest BCUT2D eigenvalue weighted by atomic mass is 32.2. The highest BCUT2D eigenvalue weighted by molar-refractivity contribution is 8.00. The van der Waals surface area contributed by atoms with Gasteiger partial charge >= 0.3 is 5.97 Å². The normalized spacial score (nSPS) is 23.7. The van der Waals surface area contributed by atoms with Gasteiger partial charge in [-0.25, -0.2) is 4.79 Å². The van der Waals surface area contributed by atoms with E-state index in [9.17, 15) is 29.4 Å². The second kappa shape index (κ2) is 8.11. The molecule has 27 heavy (non-hydrogen) atoms. The number of carboxylic acid groups (broad SMARTS) is 1. The number of hydrogen-bond donors (Lipinski definition) is 4. The van der Waals surface area contributed by atoms with Crippen LogP contribution in [0.5, 0.6) is 0 Å². The number of aliphatic hydroxyl groups is 1. The van der Waals surface area contributed by atoms with E-state index >= 15 is 0 Å². The molecular weight excluding hydrogens is 376 g/mol. The molecule has 0 bridgehead atoms. The third kappa shape index (κ3) is 3.99. The average Bonchev–Trinajstić information content (AvgIpc) is 2.58. The van der Waals surface area contributed by atoms with E-state index in [1.54, 1.807) is 26.2 Å². The molecule has 0 aromatic heterocycles. The SMILES string of the molecule is C[N+](C)(C/C=C/C1=C(C(=O)O)N2C(=O)[C@@H](NC=O)[C@@H]2SC1)[C@H](CO)C(N)=O. The summed E-state index contributed by atoms with van der Waals surface area (Å²) < 4.78 is 0.0990. The number of carbonyl (C=O) groups excluding carboxylic acids is 3. The van der Waals surface area contributed by atoms with Crippen LogP contribution in [0, 0.1) is 0 Å². The van der Waals surface area contributed by atoms with Crippen molar-refractivity contribution in [3.63, 3.8) is 0 Å². The summed E-state index contributed by atoms with van der Waals surface area (Å²) in [5.74, 6) is -1.96. The number of nitrogens with zero attached hydrogens (tertiary/aromatic N) is 2. The van der Waals surface area contributed by atoms with Crippen LogP contribution in [0.3, 0.4) is 0 Å². The first kappa shape index (κ1) is 20.9. The fourth-order valence-corrected chi connectivity index (χ4v) is 4.44. The lowest BCUT2D eigenvalue weighted by Crippen LogP contribution is -2.69. The van der Waals surface area contributed by atoms with Gasteiger partial charge in [0.05, 0.1) is 20.6 Å². The number of nitrogens with two attached hydrogens (primary N) is 1. The first-order valence-electron chi connectivity index (χ1n) is 8.16. The number of allylic oxidation sites excluding steroid dienone is 1. The smallest absolute Gasteiger partial charge is 0.352 e. The van der Waals surface area contributed by atoms with E-state index in [1.165, 1.54) is 16.7 Å². The molecule has 1 fully saturated rings. The molecular formula is C16H23N4O6S+. The number of quaternary nitrogens is 1. The van der Waals surface area contributed by atoms with Gasteiger partial charge in [-0.3, -0.25) is 19.3 Å². The quantitative estimate of drug-likeness (QED) is 0.196. The lowest BCUT2D eigenvalue weighted by molar-refractivity contribution is -0.900. The van der Waals surface area contributed by atoms with Crippen molar-refractivity contribution in [1.29, 1.82) is 0 Å². The molecule has 2 aliphatic rings. The van der Waals surface area contributed by atoms with Gasteiger partial charge in [0.1, 0.15) is 23.7 Å². The van der Waals surface area contributed by atoms with Crippen LogP contribution >= 0.6 is 11.8 Å². The van der Waals surface area contributed by atoms with Crippen LogP contribution in [0.1, 0.15) is 0 Å². The predicted octanol–water partition coefficient (Wildman–Crippen LogP) is -2.17. The van der Waals surface area contributed by atoms with Gasteiger partial charge in [-0.05, 0) is 11.6 Å². The van der Waals surface area contributed by atoms with Gasteiger partial charge in [-0.15, -0.1) is 11.8 Å². The summed E-state index contributed by atoms with van der Waals surface area (Å²) in [5, 5.41) is 20.9. The highest BCUT2D eigenvalue weighted by Crippen LogP contribution is 2.40. The number of fused-ring (bicyclic) bond motifs is 1. The van der Waals surface area contributed by atoms with Gasteiger partial charge in [0, 0.05) is 5.75 Å². The van der Waals surface area contributed by atoms with Crippen LogP contribution in [-0.4, -0.2) is 94.2 Å². The third-order valence-electron chi connectivity index (χ3n) is 4.69. The molecule has 2 aliphatic heterocycles. The molecule has 1 saturated heterocycles. The summed E-state index contributed by atoms with van der Waals surface area (Å²) in [5.41, 5.74) is 5.65. The molecule has 10 nitrogen and oxygen atoms in total. The number of nitrogens with one attached hydrogen (secondary N) is 1. The van der Waals surface area contributed by atoms with Crippen LogP contribution in [0.4, 0.5) is 0 Å². The fraction of sp³-hybridized carbons (Fsp3) is 0.500. The van der Waals surface area contributed by atoms with E-state index in [1.807, 2.05) is 0 Å². The van der Waals surface area contributed by atoms with Gasteiger partial charge in [0.15, 0.2) is 6.04 Å². The summed E-state index contributed by atoms with van der Waals surface area (Å²) in [6, 6.07) is -1.51. The van der Waals surface area contributed by atoms with E-state index in [0.29, 0.717) is 24.3 Å². The van der Waals surface area contributed by atoms with Gasteiger partial charge in [0.25, 0.3) is 11.8 Å². The van der Waals surface area contributed by atoms with Crippen molar-refractivity contribution < 1.29 is 33.9 Å². The Balaban J connectivity index is 2.20. The topological polar surface area (TPSA) is 150 Å². The standard InChI is InChI=1S/C16H22N4O6S/c1-20(2,10(6-21)13(17)23)5-3-4-9-7-27-15-11(18-8-22)14(24)19(15)12(9)16(25)26/h3-4,8,10-11,15,21H,5-7H2,1-2H3,(H3-,17,18,22,23,25,26)/p+1/b4-3+/t10-,11-,15+/m1/s1. The van der Waals surface area contributed by atoms with Crippen molar-refractivity contribution in [2.24, 2.45) is 5.73 Å². The summed E-state index contributed by atoms with van der Waals surface area (Å²) in [6.07, 6.45) is 3.72. The van der Waals surface area contributed by atoms with Gasteiger partial charge in [-0.2, -0.15) is 0 Å². The fourth-order valence-electron chi connectivity index (χ4n) is 3.11. The Morgan fingerprint density at radius 1 is 1.48 bits per heavy atom. The van der Waals surface area contributed by atoms with Crippen LogP contribution in [-0.2, 0) is 19.2 Å². The van der Waals surface area contributed by atoms with Crippen molar-refractivity contribution in [3.05, 3.63) is 23.4 Å². The monoisotopic (exact) mass is 399 g/mol. The molecule has 2 rings (SSSR count). The van der Waals surface area contributed by atoms with E-state index in [4.69, 9.17) is 5.73 Å². The lowest BCUT2D eigenvalue weighted by Gasteiger charge is -2.48. The molecule has 0 radical (unpaired) electrons. The number of aliphatic carboxylic acids is 1. The maximum atomic E-state index is 12.2. The zero-order chi connectivity index (χ0) is 20.4. The largest absolute Gasteiger partial charge is 0.477 e. The molecule has 0 saturated carbocycles. The molecule has 5 N–H and O–H groups in total. The van der Waals surface area contributed by atoms with Gasteiger partial charge < -0.3 is 25.7 Å². The Kier molecular flexibility index (Phi) is 6.29. The van der Waals surface area contributed by atoms with Crippen molar-refractivity contribution in [1.82, 2.24) is 10.2 Å². The number of aliphatic hydroxyl groups excluding tert-OH is 1. The van der Waals surface area contributed by atoms with Crippen molar-refractivity contribution in [2.45, 2.75) is 17.5 Å². The number of likely N-dealkylation sites (N-methyl/N-ethyl adjacent to an activating group) is 1. The predicted molar refractivity (Wildman–Crippen MR) is 96.9 cm³/mol. The molecule has 3 amide bonds. The number of primary amides is 1. The molecule has 0 aliphatic carbocycles. The number of amides is 3. The van der Waals surface area contributed by atoms with Gasteiger partial charge in [0.2, 0.25) is 6.41 Å². The lowest BCUT2D eigenvalue weighted by atomic mass is 10.0. The van der Waals surface area contributed by atoms with Crippen LogP contribution < -0.4 is 11.1 Å². The van der Waals surface area contributed by atoms with Crippen LogP contribution in [0.2, 0.25) is 0 Å². The minimum absolute atomic E-state index is 0.0990. The van der Waals surface area contributed by atoms with Crippen molar-refractivity contribution in [2.75, 3.05) is 33.0 Å². The second-order valence-corrected chi connectivity index (χ2v) is 7.92. The van der Waals surface area contributed by atoms with Crippen molar-refractivity contribution in [3.8, 4) is 0 Å². The Bertz CT molecular complexity index is 720. The Morgan fingerprint density at radius 3 is 2.67 bits per heavy atom. The zero-order valence-corrected chi connectivity index (χ0v) is 15.8. The molecule has 148 valence electrons. The number of carboxylic acids is 1. The summed E-state index contributed by atoms with van der Waals surface area (Å²) in [4.78, 5) is 47.1. The molecule has 0 spiro atoms. The number of rotatable bonds is 9. The molecule has 0 aromatic carbocycles. The molecule has 0 unspecified atom stereocenters. The first-order valence-corrected chi connectivity index (χ1v) is 9.20. The van der Waals surface area contributed by atoms with Crippen LogP contribution in [0.25, 0.3) is 0 Å². The number of hydrogen-bond acceptors (Lipinski definition) is 6. The summed E-state index contributed by atoms with van der Waals surface area (Å²) in [6.45, 7) is -0.0773. The minimum atomic E-state index is -1.23. The van der Waals surface area contributed by atoms with Gasteiger partial charge in [-0.1, -0.05) is 6.08 Å². The average molecular weight is 399 g/mol. The third-order valence-corrected chi connectivity index (χ3v) is 5.99. The second-order valence-electron chi connectivity index (χ2n) is 6.82. The minimum Gasteiger partial charge on any atom is -0.477 e. The molecule has 11 heteroatoms. The molecule has 3 atom stereocenters. The number of carbonyl (C=O) groups is 4. The van der Waals surface area contributed by atoms with E-state index in [-0.39, 0.29) is 10.2 Å². The molecule has 0 aromatic rings. The Hall–Kier alpha value is -2.37. The summed E-state index contributed by atoms with van der Waals surface area (Å²) in [7, 11) is 3.45. The number of thioether (sulfide) groups is 1. The highest BCUT2D eigenvalue weighted by Gasteiger charge is 2.53. The first-order chi connectivity index (χ1) is 12.7. The Morgan fingerprint density at radius 2 is 2.15 bits per heavy atom. The van der Waals surface area contributed by atoms with E-state index < -0.39 is 41.8 Å². The maximum absolute atomic E-state index is 12.2. The van der Waals surface area contributed by atoms with E-state index in [0.717, 1.165) is 0 Å². The maximum Gasteiger partial charge on any atom is 0.352 e. The molecule has 2 heterocycles. The zero-order valence-electron chi connectivity index (χ0n) is 15.0.